The molecule has 0 bridgehead atoms. The lowest BCUT2D eigenvalue weighted by atomic mass is 10.2. The number of carbonyl (C=O) groups is 1. The van der Waals surface area contributed by atoms with Crippen molar-refractivity contribution < 1.29 is 9.18 Å². The van der Waals surface area contributed by atoms with Gasteiger partial charge in [-0.05, 0) is 55.4 Å². The van der Waals surface area contributed by atoms with Crippen molar-refractivity contribution in [2.24, 2.45) is 0 Å². The fourth-order valence-corrected chi connectivity index (χ4v) is 3.49. The Morgan fingerprint density at radius 1 is 1.14 bits per heavy atom. The lowest BCUT2D eigenvalue weighted by Crippen LogP contribution is -2.32. The van der Waals surface area contributed by atoms with E-state index in [4.69, 9.17) is 16.9 Å². The van der Waals surface area contributed by atoms with Crippen LogP contribution in [0.15, 0.2) is 42.5 Å². The number of benzene rings is 2. The second-order valence-corrected chi connectivity index (χ2v) is 7.17. The number of carbonyl (C=O) groups excluding carboxylic acids is 1. The van der Waals surface area contributed by atoms with E-state index in [1.54, 1.807) is 30.3 Å². The van der Waals surface area contributed by atoms with E-state index in [9.17, 15) is 9.18 Å². The number of halogens is 2. The van der Waals surface area contributed by atoms with Crippen LogP contribution in [-0.4, -0.2) is 43.5 Å². The van der Waals surface area contributed by atoms with E-state index < -0.39 is 0 Å². The highest BCUT2D eigenvalue weighted by molar-refractivity contribution is 6.32. The maximum atomic E-state index is 13.1. The Balaban J connectivity index is 1.47. The van der Waals surface area contributed by atoms with E-state index in [-0.39, 0.29) is 11.7 Å². The lowest BCUT2D eigenvalue weighted by molar-refractivity contribution is -0.116. The minimum atomic E-state index is -0.227. The van der Waals surface area contributed by atoms with Gasteiger partial charge in [0, 0.05) is 44.0 Å². The molecule has 0 aromatic heterocycles. The number of nitrogens with one attached hydrogen (secondary N) is 1. The number of nitriles is 1. The maximum absolute atomic E-state index is 13.1. The number of amides is 1. The highest BCUT2D eigenvalue weighted by Crippen LogP contribution is 2.20. The quantitative estimate of drug-likeness (QED) is 0.827. The van der Waals surface area contributed by atoms with Crippen LogP contribution in [0.4, 0.5) is 15.8 Å². The summed E-state index contributed by atoms with van der Waals surface area (Å²) in [5.41, 5.74) is 2.00. The van der Waals surface area contributed by atoms with E-state index in [1.807, 2.05) is 6.07 Å². The van der Waals surface area contributed by atoms with Gasteiger partial charge in [0.15, 0.2) is 0 Å². The molecule has 5 nitrogen and oxygen atoms in total. The summed E-state index contributed by atoms with van der Waals surface area (Å²) in [6.45, 7) is 4.21. The van der Waals surface area contributed by atoms with Crippen LogP contribution in [0, 0.1) is 17.1 Å². The van der Waals surface area contributed by atoms with Crippen molar-refractivity contribution in [3.63, 3.8) is 0 Å². The van der Waals surface area contributed by atoms with Crippen molar-refractivity contribution in [1.29, 1.82) is 5.26 Å². The topological polar surface area (TPSA) is 59.4 Å². The molecule has 1 fully saturated rings. The summed E-state index contributed by atoms with van der Waals surface area (Å²) in [6, 6.07) is 13.4. The lowest BCUT2D eigenvalue weighted by Gasteiger charge is -2.23. The van der Waals surface area contributed by atoms with E-state index in [2.05, 4.69) is 15.1 Å². The predicted molar refractivity (Wildman–Crippen MR) is 109 cm³/mol. The Morgan fingerprint density at radius 2 is 1.93 bits per heavy atom. The average molecular weight is 401 g/mol. The minimum Gasteiger partial charge on any atom is -0.370 e. The van der Waals surface area contributed by atoms with Crippen LogP contribution in [0.1, 0.15) is 18.4 Å². The fourth-order valence-electron chi connectivity index (χ4n) is 3.27. The molecule has 0 spiro atoms. The molecular formula is C21H22ClFN4O. The van der Waals surface area contributed by atoms with E-state index >= 15 is 0 Å². The van der Waals surface area contributed by atoms with Crippen molar-refractivity contribution in [3.8, 4) is 6.07 Å². The van der Waals surface area contributed by atoms with E-state index in [0.717, 1.165) is 38.3 Å². The molecule has 146 valence electrons. The first kappa shape index (κ1) is 20.1. The molecule has 0 aliphatic carbocycles. The van der Waals surface area contributed by atoms with E-state index in [1.165, 1.54) is 12.1 Å². The van der Waals surface area contributed by atoms with Gasteiger partial charge in [0.2, 0.25) is 5.91 Å². The molecule has 1 amide bonds. The number of hydrogen-bond acceptors (Lipinski definition) is 4. The predicted octanol–water partition coefficient (Wildman–Crippen LogP) is 3.89. The second-order valence-electron chi connectivity index (χ2n) is 6.76. The molecule has 28 heavy (non-hydrogen) atoms. The molecule has 2 aromatic rings. The van der Waals surface area contributed by atoms with Gasteiger partial charge < -0.3 is 15.1 Å². The Labute approximate surface area is 169 Å². The van der Waals surface area contributed by atoms with Gasteiger partial charge in [0.25, 0.3) is 0 Å². The van der Waals surface area contributed by atoms with Crippen LogP contribution in [-0.2, 0) is 4.79 Å². The molecule has 2 aromatic carbocycles. The third kappa shape index (κ3) is 5.44. The van der Waals surface area contributed by atoms with Crippen LogP contribution < -0.4 is 10.2 Å². The number of hydrogen-bond donors (Lipinski definition) is 1. The van der Waals surface area contributed by atoms with Gasteiger partial charge >= 0.3 is 0 Å². The van der Waals surface area contributed by atoms with Crippen molar-refractivity contribution in [3.05, 3.63) is 58.9 Å². The molecule has 1 aliphatic heterocycles. The Hall–Kier alpha value is -2.62. The van der Waals surface area contributed by atoms with Crippen molar-refractivity contribution in [2.45, 2.75) is 12.8 Å². The summed E-state index contributed by atoms with van der Waals surface area (Å²) in [5.74, 6) is -0.310. The van der Waals surface area contributed by atoms with E-state index in [0.29, 0.717) is 29.2 Å². The third-order valence-electron chi connectivity index (χ3n) is 4.81. The molecule has 1 heterocycles. The normalized spacial score (nSPS) is 15.0. The SMILES string of the molecule is N#Cc1ccc(NC(=O)CCN2CCCN(c3ccc(F)cc3)CC2)cc1Cl. The molecular weight excluding hydrogens is 379 g/mol. The van der Waals surface area contributed by atoms with Gasteiger partial charge in [-0.2, -0.15) is 5.26 Å². The highest BCUT2D eigenvalue weighted by atomic mass is 35.5. The summed E-state index contributed by atoms with van der Waals surface area (Å²) >= 11 is 6.00. The number of anilines is 2. The zero-order valence-electron chi connectivity index (χ0n) is 15.5. The van der Waals surface area contributed by atoms with Crippen molar-refractivity contribution >= 4 is 28.9 Å². The number of nitrogens with zero attached hydrogens (tertiary/aromatic N) is 3. The molecule has 3 rings (SSSR count). The third-order valence-corrected chi connectivity index (χ3v) is 5.12. The first-order chi connectivity index (χ1) is 13.5. The second kappa shape index (κ2) is 9.54. The largest absolute Gasteiger partial charge is 0.370 e. The first-order valence-corrected chi connectivity index (χ1v) is 9.65. The summed E-state index contributed by atoms with van der Waals surface area (Å²) in [4.78, 5) is 16.8. The van der Waals surface area contributed by atoms with Crippen LogP contribution >= 0.6 is 11.6 Å². The van der Waals surface area contributed by atoms with Crippen LogP contribution in [0.25, 0.3) is 0 Å². The zero-order valence-corrected chi connectivity index (χ0v) is 16.3. The van der Waals surface area contributed by atoms with Gasteiger partial charge in [-0.25, -0.2) is 4.39 Å². The molecule has 1 saturated heterocycles. The van der Waals surface area contributed by atoms with Crippen molar-refractivity contribution in [2.75, 3.05) is 42.9 Å². The zero-order chi connectivity index (χ0) is 19.9. The Bertz CT molecular complexity index is 866. The molecule has 0 atom stereocenters. The average Bonchev–Trinajstić information content (AvgIpc) is 2.93. The van der Waals surface area contributed by atoms with Gasteiger partial charge in [-0.15, -0.1) is 0 Å². The highest BCUT2D eigenvalue weighted by Gasteiger charge is 2.16. The maximum Gasteiger partial charge on any atom is 0.225 e. The molecule has 7 heteroatoms. The molecule has 0 saturated carbocycles. The van der Waals surface area contributed by atoms with Crippen molar-refractivity contribution in [1.82, 2.24) is 4.90 Å². The number of rotatable bonds is 5. The standard InChI is InChI=1S/C21H22ClFN4O/c22-20-14-18(5-2-16(20)15-24)25-21(28)8-11-26-9-1-10-27(13-12-26)19-6-3-17(23)4-7-19/h2-7,14H,1,8-13H2,(H,25,28). The summed E-state index contributed by atoms with van der Waals surface area (Å²) in [6.07, 6.45) is 1.37. The van der Waals surface area contributed by atoms with Gasteiger partial charge in [0.1, 0.15) is 11.9 Å². The summed E-state index contributed by atoms with van der Waals surface area (Å²) < 4.78 is 13.1. The molecule has 1 N–H and O–H groups in total. The van der Waals surface area contributed by atoms with Crippen LogP contribution in [0.5, 0.6) is 0 Å². The van der Waals surface area contributed by atoms with Gasteiger partial charge in [-0.1, -0.05) is 11.6 Å². The van der Waals surface area contributed by atoms with Crippen LogP contribution in [0.2, 0.25) is 5.02 Å². The Kier molecular flexibility index (Phi) is 6.85. The van der Waals surface area contributed by atoms with Crippen LogP contribution in [0.3, 0.4) is 0 Å². The van der Waals surface area contributed by atoms with Gasteiger partial charge in [0.05, 0.1) is 10.6 Å². The van der Waals surface area contributed by atoms with Gasteiger partial charge in [-0.3, -0.25) is 4.79 Å². The summed E-state index contributed by atoms with van der Waals surface area (Å²) in [5, 5.41) is 12.1. The fraction of sp³-hybridized carbons (Fsp3) is 0.333. The summed E-state index contributed by atoms with van der Waals surface area (Å²) in [7, 11) is 0. The monoisotopic (exact) mass is 400 g/mol. The first-order valence-electron chi connectivity index (χ1n) is 9.27. The smallest absolute Gasteiger partial charge is 0.225 e. The molecule has 1 aliphatic rings. The molecule has 0 radical (unpaired) electrons. The molecule has 0 unspecified atom stereocenters. The minimum absolute atomic E-state index is 0.0830. The Morgan fingerprint density at radius 3 is 2.64 bits per heavy atom.